The summed E-state index contributed by atoms with van der Waals surface area (Å²) in [5, 5.41) is 5.60. The molecule has 0 aliphatic carbocycles. The summed E-state index contributed by atoms with van der Waals surface area (Å²) in [5.41, 5.74) is 9.18. The molecule has 0 saturated carbocycles. The Balaban J connectivity index is 1.49. The predicted molar refractivity (Wildman–Crippen MR) is 115 cm³/mol. The van der Waals surface area contributed by atoms with Crippen molar-refractivity contribution in [2.24, 2.45) is 0 Å². The Labute approximate surface area is 169 Å². The fourth-order valence-corrected chi connectivity index (χ4v) is 2.64. The van der Waals surface area contributed by atoms with Crippen LogP contribution in [0.25, 0.3) is 6.08 Å². The number of anilines is 2. The van der Waals surface area contributed by atoms with Gasteiger partial charge in [-0.2, -0.15) is 0 Å². The highest BCUT2D eigenvalue weighted by molar-refractivity contribution is 6.05. The SMILES string of the molecule is Nc1ccccc1NC(=O)c1ccc(C=CC(=O)NCCc2ccccn2)cc1. The maximum Gasteiger partial charge on any atom is 0.255 e. The van der Waals surface area contributed by atoms with Crippen LogP contribution in [0.4, 0.5) is 11.4 Å². The third-order valence-electron chi connectivity index (χ3n) is 4.22. The summed E-state index contributed by atoms with van der Waals surface area (Å²) in [7, 11) is 0. The Morgan fingerprint density at radius 3 is 2.45 bits per heavy atom. The van der Waals surface area contributed by atoms with Crippen LogP contribution in [0.15, 0.2) is 79.0 Å². The number of amides is 2. The largest absolute Gasteiger partial charge is 0.397 e. The number of para-hydroxylation sites is 2. The fourth-order valence-electron chi connectivity index (χ4n) is 2.64. The van der Waals surface area contributed by atoms with Gasteiger partial charge in [0, 0.05) is 36.5 Å². The smallest absolute Gasteiger partial charge is 0.255 e. The molecule has 1 heterocycles. The molecule has 1 aromatic heterocycles. The molecule has 0 aliphatic rings. The summed E-state index contributed by atoms with van der Waals surface area (Å²) >= 11 is 0. The zero-order chi connectivity index (χ0) is 20.5. The first-order chi connectivity index (χ1) is 14.1. The van der Waals surface area contributed by atoms with E-state index in [2.05, 4.69) is 15.6 Å². The fraction of sp³-hybridized carbons (Fsp3) is 0.0870. The lowest BCUT2D eigenvalue weighted by molar-refractivity contribution is -0.116. The highest BCUT2D eigenvalue weighted by atomic mass is 16.2. The standard InChI is InChI=1S/C23H22N4O2/c24-20-6-1-2-7-21(20)27-23(29)18-11-8-17(9-12-18)10-13-22(28)26-16-14-19-5-3-4-15-25-19/h1-13,15H,14,16,24H2,(H,26,28)(H,27,29). The minimum atomic E-state index is -0.245. The molecule has 3 aromatic rings. The summed E-state index contributed by atoms with van der Waals surface area (Å²) in [4.78, 5) is 28.5. The lowest BCUT2D eigenvalue weighted by Gasteiger charge is -2.08. The van der Waals surface area contributed by atoms with Crippen molar-refractivity contribution < 1.29 is 9.59 Å². The van der Waals surface area contributed by atoms with Crippen molar-refractivity contribution in [2.45, 2.75) is 6.42 Å². The van der Waals surface area contributed by atoms with E-state index < -0.39 is 0 Å². The van der Waals surface area contributed by atoms with Crippen molar-refractivity contribution in [3.05, 3.63) is 95.8 Å². The summed E-state index contributed by atoms with van der Waals surface area (Å²) in [6.45, 7) is 0.516. The van der Waals surface area contributed by atoms with E-state index in [0.717, 1.165) is 11.3 Å². The zero-order valence-electron chi connectivity index (χ0n) is 15.8. The number of aromatic nitrogens is 1. The van der Waals surface area contributed by atoms with E-state index in [1.54, 1.807) is 60.8 Å². The van der Waals surface area contributed by atoms with E-state index in [9.17, 15) is 9.59 Å². The average molecular weight is 386 g/mol. The zero-order valence-corrected chi connectivity index (χ0v) is 15.8. The second-order valence-electron chi connectivity index (χ2n) is 6.36. The molecule has 0 fully saturated rings. The topological polar surface area (TPSA) is 97.1 Å². The van der Waals surface area contributed by atoms with Crippen molar-refractivity contribution in [1.82, 2.24) is 10.3 Å². The van der Waals surface area contributed by atoms with Gasteiger partial charge in [-0.05, 0) is 48.0 Å². The minimum Gasteiger partial charge on any atom is -0.397 e. The van der Waals surface area contributed by atoms with Crippen LogP contribution in [-0.4, -0.2) is 23.3 Å². The second kappa shape index (κ2) is 9.85. The molecule has 6 heteroatoms. The summed E-state index contributed by atoms with van der Waals surface area (Å²) < 4.78 is 0. The molecule has 6 nitrogen and oxygen atoms in total. The predicted octanol–water partition coefficient (Wildman–Crippen LogP) is 3.29. The van der Waals surface area contributed by atoms with Gasteiger partial charge in [-0.25, -0.2) is 0 Å². The van der Waals surface area contributed by atoms with Crippen LogP contribution in [0.1, 0.15) is 21.6 Å². The van der Waals surface area contributed by atoms with Crippen LogP contribution in [0.3, 0.4) is 0 Å². The maximum atomic E-state index is 12.3. The number of nitrogens with one attached hydrogen (secondary N) is 2. The van der Waals surface area contributed by atoms with Gasteiger partial charge in [-0.3, -0.25) is 14.6 Å². The van der Waals surface area contributed by atoms with Crippen LogP contribution < -0.4 is 16.4 Å². The van der Waals surface area contributed by atoms with Crippen molar-refractivity contribution >= 4 is 29.3 Å². The Morgan fingerprint density at radius 2 is 1.72 bits per heavy atom. The molecule has 0 aliphatic heterocycles. The molecular weight excluding hydrogens is 364 g/mol. The number of nitrogens with zero attached hydrogens (tertiary/aromatic N) is 1. The lowest BCUT2D eigenvalue weighted by atomic mass is 10.1. The molecule has 3 rings (SSSR count). The van der Waals surface area contributed by atoms with E-state index >= 15 is 0 Å². The van der Waals surface area contributed by atoms with Gasteiger partial charge < -0.3 is 16.4 Å². The van der Waals surface area contributed by atoms with Crippen LogP contribution in [0.5, 0.6) is 0 Å². The van der Waals surface area contributed by atoms with Gasteiger partial charge in [0.25, 0.3) is 5.91 Å². The van der Waals surface area contributed by atoms with E-state index in [1.165, 1.54) is 6.08 Å². The number of rotatable bonds is 7. The molecule has 0 unspecified atom stereocenters. The Morgan fingerprint density at radius 1 is 0.966 bits per heavy atom. The van der Waals surface area contributed by atoms with Crippen molar-refractivity contribution in [3.63, 3.8) is 0 Å². The number of hydrogen-bond donors (Lipinski definition) is 3. The van der Waals surface area contributed by atoms with E-state index in [4.69, 9.17) is 5.73 Å². The minimum absolute atomic E-state index is 0.178. The quantitative estimate of drug-likeness (QED) is 0.429. The molecule has 2 aromatic carbocycles. The molecule has 146 valence electrons. The monoisotopic (exact) mass is 386 g/mol. The summed E-state index contributed by atoms with van der Waals surface area (Å²) in [6.07, 6.45) is 5.58. The van der Waals surface area contributed by atoms with Gasteiger partial charge in [0.2, 0.25) is 5.91 Å². The molecule has 0 atom stereocenters. The molecular formula is C23H22N4O2. The first-order valence-corrected chi connectivity index (χ1v) is 9.23. The highest BCUT2D eigenvalue weighted by Gasteiger charge is 2.07. The third-order valence-corrected chi connectivity index (χ3v) is 4.22. The molecule has 2 amide bonds. The summed E-state index contributed by atoms with van der Waals surface area (Å²) in [6, 6.07) is 19.7. The van der Waals surface area contributed by atoms with Crippen molar-refractivity contribution in [1.29, 1.82) is 0 Å². The third kappa shape index (κ3) is 6.04. The van der Waals surface area contributed by atoms with Gasteiger partial charge in [-0.1, -0.05) is 30.3 Å². The van der Waals surface area contributed by atoms with Gasteiger partial charge in [-0.15, -0.1) is 0 Å². The normalized spacial score (nSPS) is 10.6. The molecule has 0 saturated heterocycles. The van der Waals surface area contributed by atoms with Gasteiger partial charge in [0.05, 0.1) is 11.4 Å². The van der Waals surface area contributed by atoms with Crippen molar-refractivity contribution in [2.75, 3.05) is 17.6 Å². The molecule has 29 heavy (non-hydrogen) atoms. The number of nitrogens with two attached hydrogens (primary N) is 1. The number of nitrogen functional groups attached to an aromatic ring is 1. The van der Waals surface area contributed by atoms with Crippen LogP contribution in [0, 0.1) is 0 Å². The molecule has 0 radical (unpaired) electrons. The van der Waals surface area contributed by atoms with Gasteiger partial charge in [0.15, 0.2) is 0 Å². The van der Waals surface area contributed by atoms with Crippen LogP contribution >= 0.6 is 0 Å². The van der Waals surface area contributed by atoms with Gasteiger partial charge >= 0.3 is 0 Å². The Hall–Kier alpha value is -3.93. The van der Waals surface area contributed by atoms with E-state index in [1.807, 2.05) is 18.2 Å². The lowest BCUT2D eigenvalue weighted by Crippen LogP contribution is -2.23. The first-order valence-electron chi connectivity index (χ1n) is 9.23. The van der Waals surface area contributed by atoms with Gasteiger partial charge in [0.1, 0.15) is 0 Å². The number of hydrogen-bond acceptors (Lipinski definition) is 4. The van der Waals surface area contributed by atoms with Crippen LogP contribution in [-0.2, 0) is 11.2 Å². The molecule has 0 spiro atoms. The average Bonchev–Trinajstić information content (AvgIpc) is 2.75. The second-order valence-corrected chi connectivity index (χ2v) is 6.36. The number of carbonyl (C=O) groups excluding carboxylic acids is 2. The molecule has 4 N–H and O–H groups in total. The number of benzene rings is 2. The number of carbonyl (C=O) groups is 2. The van der Waals surface area contributed by atoms with Crippen LogP contribution in [0.2, 0.25) is 0 Å². The maximum absolute atomic E-state index is 12.3. The Bertz CT molecular complexity index is 999. The highest BCUT2D eigenvalue weighted by Crippen LogP contribution is 2.18. The summed E-state index contributed by atoms with van der Waals surface area (Å²) in [5.74, 6) is -0.423. The van der Waals surface area contributed by atoms with E-state index in [0.29, 0.717) is 29.9 Å². The number of pyridine rings is 1. The van der Waals surface area contributed by atoms with Crippen molar-refractivity contribution in [3.8, 4) is 0 Å². The molecule has 0 bridgehead atoms. The van der Waals surface area contributed by atoms with E-state index in [-0.39, 0.29) is 11.8 Å². The Kier molecular flexibility index (Phi) is 6.73. The first kappa shape index (κ1) is 19.8.